The van der Waals surface area contributed by atoms with Crippen molar-refractivity contribution in [2.24, 2.45) is 0 Å². The first-order valence-electron chi connectivity index (χ1n) is 8.21. The quantitative estimate of drug-likeness (QED) is 0.813. The monoisotopic (exact) mass is 330 g/mol. The summed E-state index contributed by atoms with van der Waals surface area (Å²) in [5.41, 5.74) is 4.71. The van der Waals surface area contributed by atoms with Gasteiger partial charge in [-0.15, -0.1) is 0 Å². The highest BCUT2D eigenvalue weighted by molar-refractivity contribution is 5.94. The summed E-state index contributed by atoms with van der Waals surface area (Å²) in [6, 6.07) is 7.37. The predicted molar refractivity (Wildman–Crippen MR) is 95.3 cm³/mol. The molecule has 24 heavy (non-hydrogen) atoms. The Morgan fingerprint density at radius 3 is 2.50 bits per heavy atom. The second kappa shape index (κ2) is 7.97. The molecule has 6 nitrogen and oxygen atoms in total. The van der Waals surface area contributed by atoms with Gasteiger partial charge in [-0.25, -0.2) is 0 Å². The van der Waals surface area contributed by atoms with E-state index in [2.05, 4.69) is 17.3 Å². The molecule has 2 rings (SSSR count). The zero-order valence-electron chi connectivity index (χ0n) is 14.8. The number of aliphatic hydroxyl groups excluding tert-OH is 1. The molecule has 0 saturated heterocycles. The summed E-state index contributed by atoms with van der Waals surface area (Å²) >= 11 is 0. The number of amides is 1. The number of nitrogens with zero attached hydrogens (tertiary/aromatic N) is 3. The van der Waals surface area contributed by atoms with Gasteiger partial charge in [0.1, 0.15) is 0 Å². The Kier molecular flexibility index (Phi) is 5.98. The van der Waals surface area contributed by atoms with E-state index in [0.29, 0.717) is 18.7 Å². The minimum Gasteiger partial charge on any atom is -0.395 e. The van der Waals surface area contributed by atoms with Gasteiger partial charge in [0.15, 0.2) is 0 Å². The number of hydrogen-bond donors (Lipinski definition) is 2. The molecule has 1 heterocycles. The summed E-state index contributed by atoms with van der Waals surface area (Å²) < 4.78 is 1.95. The van der Waals surface area contributed by atoms with Crippen LogP contribution in [0.2, 0.25) is 0 Å². The molecule has 0 unspecified atom stereocenters. The number of anilines is 1. The molecule has 130 valence electrons. The number of aryl methyl sites for hydroxylation is 2. The van der Waals surface area contributed by atoms with E-state index in [1.165, 1.54) is 0 Å². The second-order valence-corrected chi connectivity index (χ2v) is 5.84. The van der Waals surface area contributed by atoms with E-state index in [4.69, 9.17) is 5.11 Å². The van der Waals surface area contributed by atoms with Crippen molar-refractivity contribution in [3.63, 3.8) is 0 Å². The van der Waals surface area contributed by atoms with Gasteiger partial charge in [-0.2, -0.15) is 5.10 Å². The van der Waals surface area contributed by atoms with Crippen LogP contribution in [-0.4, -0.2) is 41.0 Å². The highest BCUT2D eigenvalue weighted by Crippen LogP contribution is 2.15. The highest BCUT2D eigenvalue weighted by atomic mass is 16.3. The van der Waals surface area contributed by atoms with Crippen LogP contribution in [0.15, 0.2) is 24.3 Å². The van der Waals surface area contributed by atoms with Crippen LogP contribution in [0.3, 0.4) is 0 Å². The molecule has 0 aliphatic carbocycles. The van der Waals surface area contributed by atoms with E-state index in [-0.39, 0.29) is 12.5 Å². The molecule has 2 N–H and O–H groups in total. The summed E-state index contributed by atoms with van der Waals surface area (Å²) in [7, 11) is 1.90. The Labute approximate surface area is 143 Å². The van der Waals surface area contributed by atoms with Crippen LogP contribution >= 0.6 is 0 Å². The van der Waals surface area contributed by atoms with E-state index in [1.807, 2.05) is 42.6 Å². The fourth-order valence-corrected chi connectivity index (χ4v) is 2.71. The summed E-state index contributed by atoms with van der Waals surface area (Å²) in [5, 5.41) is 16.4. The van der Waals surface area contributed by atoms with Crippen LogP contribution in [0.25, 0.3) is 0 Å². The lowest BCUT2D eigenvalue weighted by Gasteiger charge is -2.18. The van der Waals surface area contributed by atoms with Crippen molar-refractivity contribution < 1.29 is 9.90 Å². The van der Waals surface area contributed by atoms with Gasteiger partial charge in [-0.3, -0.25) is 9.48 Å². The van der Waals surface area contributed by atoms with Gasteiger partial charge in [-0.05, 0) is 45.0 Å². The van der Waals surface area contributed by atoms with Crippen LogP contribution in [0.5, 0.6) is 0 Å². The van der Waals surface area contributed by atoms with Crippen molar-refractivity contribution in [2.45, 2.75) is 33.9 Å². The number of aliphatic hydroxyl groups is 1. The molecule has 0 bridgehead atoms. The van der Waals surface area contributed by atoms with Crippen LogP contribution in [0.1, 0.15) is 34.2 Å². The topological polar surface area (TPSA) is 70.4 Å². The maximum absolute atomic E-state index is 12.3. The van der Waals surface area contributed by atoms with Crippen LogP contribution in [0.4, 0.5) is 5.69 Å². The lowest BCUT2D eigenvalue weighted by atomic mass is 10.1. The largest absolute Gasteiger partial charge is 0.395 e. The first-order valence-corrected chi connectivity index (χ1v) is 8.21. The molecular weight excluding hydrogens is 304 g/mol. The predicted octanol–water partition coefficient (Wildman–Crippen LogP) is 1.88. The number of likely N-dealkylation sites (N-methyl/N-ethyl adjacent to an activating group) is 1. The molecule has 0 spiro atoms. The van der Waals surface area contributed by atoms with Gasteiger partial charge < -0.3 is 15.3 Å². The number of benzene rings is 1. The zero-order valence-corrected chi connectivity index (χ0v) is 14.8. The van der Waals surface area contributed by atoms with Gasteiger partial charge >= 0.3 is 0 Å². The number of hydrogen-bond acceptors (Lipinski definition) is 4. The minimum atomic E-state index is -0.102. The number of aromatic nitrogens is 2. The number of rotatable bonds is 7. The summed E-state index contributed by atoms with van der Waals surface area (Å²) in [4.78, 5) is 14.3. The van der Waals surface area contributed by atoms with Gasteiger partial charge in [0, 0.05) is 49.2 Å². The fourth-order valence-electron chi connectivity index (χ4n) is 2.71. The fraction of sp³-hybridized carbons (Fsp3) is 0.444. The Balaban J connectivity index is 2.01. The zero-order chi connectivity index (χ0) is 17.7. The third-order valence-electron chi connectivity index (χ3n) is 4.26. The Hall–Kier alpha value is -2.34. The van der Waals surface area contributed by atoms with Crippen molar-refractivity contribution in [2.75, 3.05) is 25.1 Å². The van der Waals surface area contributed by atoms with E-state index >= 15 is 0 Å². The lowest BCUT2D eigenvalue weighted by Crippen LogP contribution is -2.24. The lowest BCUT2D eigenvalue weighted by molar-refractivity contribution is 0.0951. The normalized spacial score (nSPS) is 10.7. The molecule has 0 aliphatic rings. The maximum Gasteiger partial charge on any atom is 0.251 e. The third kappa shape index (κ3) is 3.94. The number of carbonyl (C=O) groups excluding carboxylic acids is 1. The molecule has 0 fully saturated rings. The van der Waals surface area contributed by atoms with Crippen LogP contribution < -0.4 is 10.2 Å². The van der Waals surface area contributed by atoms with Gasteiger partial charge in [0.05, 0.1) is 12.3 Å². The van der Waals surface area contributed by atoms with E-state index < -0.39 is 0 Å². The van der Waals surface area contributed by atoms with Crippen molar-refractivity contribution >= 4 is 11.6 Å². The molecule has 1 aromatic carbocycles. The van der Waals surface area contributed by atoms with Gasteiger partial charge in [0.2, 0.25) is 0 Å². The van der Waals surface area contributed by atoms with Crippen LogP contribution in [0, 0.1) is 13.8 Å². The van der Waals surface area contributed by atoms with Crippen molar-refractivity contribution in [3.05, 3.63) is 46.8 Å². The average molecular weight is 330 g/mol. The second-order valence-electron chi connectivity index (χ2n) is 5.84. The Morgan fingerprint density at radius 1 is 1.29 bits per heavy atom. The summed E-state index contributed by atoms with van der Waals surface area (Å²) in [6.07, 6.45) is 0. The minimum absolute atomic E-state index is 0.100. The molecule has 1 aromatic heterocycles. The van der Waals surface area contributed by atoms with E-state index in [1.54, 1.807) is 12.1 Å². The Morgan fingerprint density at radius 2 is 1.96 bits per heavy atom. The van der Waals surface area contributed by atoms with Gasteiger partial charge in [0.25, 0.3) is 5.91 Å². The molecular formula is C18H26N4O2. The van der Waals surface area contributed by atoms with Crippen molar-refractivity contribution in [3.8, 4) is 0 Å². The molecule has 0 radical (unpaired) electrons. The third-order valence-corrected chi connectivity index (χ3v) is 4.26. The highest BCUT2D eigenvalue weighted by Gasteiger charge is 2.12. The summed E-state index contributed by atoms with van der Waals surface area (Å²) in [5.74, 6) is -0.102. The molecule has 6 heteroatoms. The standard InChI is InChI=1S/C18H26N4O2/c1-5-22-14(3)17(13(2)20-22)12-19-18(24)15-6-8-16(9-7-15)21(4)10-11-23/h6-9,23H,5,10-12H2,1-4H3,(H,19,24). The average Bonchev–Trinajstić information content (AvgIpc) is 2.86. The molecule has 1 amide bonds. The van der Waals surface area contributed by atoms with Gasteiger partial charge in [-0.1, -0.05) is 0 Å². The number of carbonyl (C=O) groups is 1. The van der Waals surface area contributed by atoms with Crippen molar-refractivity contribution in [1.29, 1.82) is 0 Å². The Bertz CT molecular complexity index is 692. The SMILES string of the molecule is CCn1nc(C)c(CNC(=O)c2ccc(N(C)CCO)cc2)c1C. The molecule has 2 aromatic rings. The first kappa shape index (κ1) is 18.0. The van der Waals surface area contributed by atoms with Crippen LogP contribution in [-0.2, 0) is 13.1 Å². The summed E-state index contributed by atoms with van der Waals surface area (Å²) in [6.45, 7) is 8.00. The molecule has 0 atom stereocenters. The van der Waals surface area contributed by atoms with E-state index in [0.717, 1.165) is 29.2 Å². The van der Waals surface area contributed by atoms with Crippen molar-refractivity contribution in [1.82, 2.24) is 15.1 Å². The first-order chi connectivity index (χ1) is 11.5. The maximum atomic E-state index is 12.3. The van der Waals surface area contributed by atoms with E-state index in [9.17, 15) is 4.79 Å². The number of nitrogens with one attached hydrogen (secondary N) is 1. The molecule has 0 saturated carbocycles. The molecule has 0 aliphatic heterocycles. The smallest absolute Gasteiger partial charge is 0.251 e.